The van der Waals surface area contributed by atoms with Gasteiger partial charge in [-0.3, -0.25) is 0 Å². The van der Waals surface area contributed by atoms with Crippen molar-refractivity contribution < 1.29 is 4.74 Å². The lowest BCUT2D eigenvalue weighted by molar-refractivity contribution is 0.312. The van der Waals surface area contributed by atoms with E-state index < -0.39 is 0 Å². The van der Waals surface area contributed by atoms with Crippen LogP contribution in [0.5, 0.6) is 0 Å². The highest BCUT2D eigenvalue weighted by Crippen LogP contribution is 2.34. The van der Waals surface area contributed by atoms with Crippen LogP contribution in [0.2, 0.25) is 0 Å². The highest BCUT2D eigenvalue weighted by molar-refractivity contribution is 5.74. The summed E-state index contributed by atoms with van der Waals surface area (Å²) in [5.41, 5.74) is 1.97. The normalized spacial score (nSPS) is 16.8. The average Bonchev–Trinajstić information content (AvgIpc) is 3.13. The van der Waals surface area contributed by atoms with Gasteiger partial charge in [-0.25, -0.2) is 9.67 Å². The van der Waals surface area contributed by atoms with Crippen molar-refractivity contribution in [1.29, 1.82) is 0 Å². The van der Waals surface area contributed by atoms with Crippen LogP contribution in [-0.2, 0) is 4.74 Å². The molecule has 0 aromatic carbocycles. The molecule has 4 heteroatoms. The lowest BCUT2D eigenvalue weighted by atomic mass is 10.1. The minimum absolute atomic E-state index is 0.533. The number of ether oxygens (including phenoxy) is 1. The maximum absolute atomic E-state index is 5.22. The van der Waals surface area contributed by atoms with Crippen LogP contribution in [0, 0.1) is 0 Å². The molecule has 4 nitrogen and oxygen atoms in total. The van der Waals surface area contributed by atoms with Gasteiger partial charge < -0.3 is 4.74 Å². The Kier molecular flexibility index (Phi) is 3.65. The zero-order chi connectivity index (χ0) is 13.1. The van der Waals surface area contributed by atoms with Gasteiger partial charge in [0.2, 0.25) is 0 Å². The first-order chi connectivity index (χ1) is 8.65. The van der Waals surface area contributed by atoms with E-state index in [9.17, 15) is 0 Å². The fourth-order valence-corrected chi connectivity index (χ4v) is 1.60. The van der Waals surface area contributed by atoms with E-state index in [1.807, 2.05) is 30.7 Å². The molecule has 0 aliphatic heterocycles. The molecule has 18 heavy (non-hydrogen) atoms. The Bertz CT molecular complexity index is 507. The molecule has 0 unspecified atom stereocenters. The second kappa shape index (κ2) is 5.21. The van der Waals surface area contributed by atoms with Crippen LogP contribution in [-0.4, -0.2) is 21.9 Å². The predicted molar refractivity (Wildman–Crippen MR) is 71.9 cm³/mol. The molecular weight excluding hydrogens is 226 g/mol. The smallest absolute Gasteiger partial charge is 0.184 e. The number of nitrogens with zero attached hydrogens (tertiary/aromatic N) is 3. The molecule has 1 aromatic rings. The van der Waals surface area contributed by atoms with Crippen LogP contribution in [0.1, 0.15) is 38.6 Å². The van der Waals surface area contributed by atoms with Crippen LogP contribution in [0.25, 0.3) is 5.57 Å². The Morgan fingerprint density at radius 1 is 1.56 bits per heavy atom. The number of hydrogen-bond acceptors (Lipinski definition) is 3. The van der Waals surface area contributed by atoms with Crippen molar-refractivity contribution in [2.24, 2.45) is 0 Å². The summed E-state index contributed by atoms with van der Waals surface area (Å²) in [5, 5.41) is 4.50. The first-order valence-corrected chi connectivity index (χ1v) is 6.15. The predicted octanol–water partition coefficient (Wildman–Crippen LogP) is 3.12. The van der Waals surface area contributed by atoms with Crippen LogP contribution >= 0.6 is 0 Å². The summed E-state index contributed by atoms with van der Waals surface area (Å²) in [6.45, 7) is 7.92. The summed E-state index contributed by atoms with van der Waals surface area (Å²) in [5.74, 6) is 1.26. The number of hydrogen-bond donors (Lipinski definition) is 0. The van der Waals surface area contributed by atoms with Gasteiger partial charge in [-0.05, 0) is 32.8 Å². The molecule has 0 saturated heterocycles. The minimum Gasteiger partial charge on any atom is -0.497 e. The van der Waals surface area contributed by atoms with Gasteiger partial charge in [0.05, 0.1) is 18.7 Å². The number of rotatable bonds is 5. The third-order valence-corrected chi connectivity index (χ3v) is 3.04. The molecule has 96 valence electrons. The summed E-state index contributed by atoms with van der Waals surface area (Å²) >= 11 is 0. The van der Waals surface area contributed by atoms with E-state index in [1.165, 1.54) is 12.8 Å². The van der Waals surface area contributed by atoms with Gasteiger partial charge in [0, 0.05) is 0 Å². The Hall–Kier alpha value is -1.84. The zero-order valence-corrected chi connectivity index (χ0v) is 11.2. The van der Waals surface area contributed by atoms with E-state index in [2.05, 4.69) is 16.7 Å². The van der Waals surface area contributed by atoms with E-state index >= 15 is 0 Å². The van der Waals surface area contributed by atoms with E-state index in [0.717, 1.165) is 11.1 Å². The van der Waals surface area contributed by atoms with Gasteiger partial charge in [0.1, 0.15) is 12.1 Å². The fourth-order valence-electron chi connectivity index (χ4n) is 1.60. The third kappa shape index (κ3) is 2.70. The molecule has 1 aliphatic carbocycles. The first kappa shape index (κ1) is 12.6. The molecule has 2 rings (SSSR count). The number of allylic oxidation sites excluding steroid dienone is 4. The van der Waals surface area contributed by atoms with Crippen molar-refractivity contribution in [2.45, 2.75) is 32.7 Å². The van der Waals surface area contributed by atoms with E-state index in [0.29, 0.717) is 17.6 Å². The second-order valence-corrected chi connectivity index (χ2v) is 4.50. The lowest BCUT2D eigenvalue weighted by Gasteiger charge is -2.06. The maximum Gasteiger partial charge on any atom is 0.184 e. The molecule has 1 heterocycles. The molecule has 0 bridgehead atoms. The van der Waals surface area contributed by atoms with Gasteiger partial charge in [0.15, 0.2) is 5.82 Å². The Morgan fingerprint density at radius 2 is 2.28 bits per heavy atom. The van der Waals surface area contributed by atoms with Crippen molar-refractivity contribution in [3.63, 3.8) is 0 Å². The standard InChI is InChI=1S/C14H19N3O/c1-5-10(2)8-13(11(3)18-4)14-15-9-17(16-14)12-6-7-12/h5,8-9,12H,3,6-7H2,1-2,4H3/b10-5-,13-8+. The fraction of sp³-hybridized carbons (Fsp3) is 0.429. The van der Waals surface area contributed by atoms with Crippen LogP contribution in [0.15, 0.2) is 36.4 Å². The second-order valence-electron chi connectivity index (χ2n) is 4.50. The van der Waals surface area contributed by atoms with Gasteiger partial charge in [-0.15, -0.1) is 0 Å². The summed E-state index contributed by atoms with van der Waals surface area (Å²) in [6.07, 6.45) is 8.20. The van der Waals surface area contributed by atoms with Crippen molar-refractivity contribution in [1.82, 2.24) is 14.8 Å². The maximum atomic E-state index is 5.22. The van der Waals surface area contributed by atoms with Crippen LogP contribution in [0.4, 0.5) is 0 Å². The summed E-state index contributed by atoms with van der Waals surface area (Å²) in [7, 11) is 1.61. The van der Waals surface area contributed by atoms with Crippen molar-refractivity contribution >= 4 is 5.57 Å². The Balaban J connectivity index is 2.32. The molecule has 1 aromatic heterocycles. The van der Waals surface area contributed by atoms with Gasteiger partial charge >= 0.3 is 0 Å². The molecule has 0 spiro atoms. The molecule has 1 saturated carbocycles. The SMILES string of the molecule is C=C(OC)/C(=C\C(C)=C/C)c1ncn(C2CC2)n1. The van der Waals surface area contributed by atoms with Crippen molar-refractivity contribution in [3.8, 4) is 0 Å². The van der Waals surface area contributed by atoms with E-state index in [4.69, 9.17) is 4.74 Å². The van der Waals surface area contributed by atoms with E-state index in [-0.39, 0.29) is 0 Å². The Morgan fingerprint density at radius 3 is 2.83 bits per heavy atom. The molecule has 0 amide bonds. The lowest BCUT2D eigenvalue weighted by Crippen LogP contribution is -1.98. The monoisotopic (exact) mass is 245 g/mol. The highest BCUT2D eigenvalue weighted by atomic mass is 16.5. The largest absolute Gasteiger partial charge is 0.497 e. The summed E-state index contributed by atoms with van der Waals surface area (Å²) < 4.78 is 7.15. The molecular formula is C14H19N3O. The van der Waals surface area contributed by atoms with Crippen LogP contribution < -0.4 is 0 Å². The molecule has 1 aliphatic rings. The number of methoxy groups -OCH3 is 1. The van der Waals surface area contributed by atoms with E-state index in [1.54, 1.807) is 13.4 Å². The van der Waals surface area contributed by atoms with Crippen LogP contribution in [0.3, 0.4) is 0 Å². The quantitative estimate of drug-likeness (QED) is 0.591. The first-order valence-electron chi connectivity index (χ1n) is 6.15. The average molecular weight is 245 g/mol. The molecule has 0 N–H and O–H groups in total. The minimum atomic E-state index is 0.533. The Labute approximate surface area is 108 Å². The third-order valence-electron chi connectivity index (χ3n) is 3.04. The zero-order valence-electron chi connectivity index (χ0n) is 11.2. The molecule has 0 radical (unpaired) electrons. The highest BCUT2D eigenvalue weighted by Gasteiger charge is 2.25. The van der Waals surface area contributed by atoms with Gasteiger partial charge in [0.25, 0.3) is 0 Å². The topological polar surface area (TPSA) is 39.9 Å². The van der Waals surface area contributed by atoms with Gasteiger partial charge in [-0.1, -0.05) is 18.2 Å². The van der Waals surface area contributed by atoms with Gasteiger partial charge in [-0.2, -0.15) is 5.10 Å². The molecule has 0 atom stereocenters. The number of aromatic nitrogens is 3. The summed E-state index contributed by atoms with van der Waals surface area (Å²) in [4.78, 5) is 4.35. The van der Waals surface area contributed by atoms with Crippen molar-refractivity contribution in [2.75, 3.05) is 7.11 Å². The molecule has 1 fully saturated rings. The van der Waals surface area contributed by atoms with Crippen molar-refractivity contribution in [3.05, 3.63) is 42.2 Å². The summed E-state index contributed by atoms with van der Waals surface area (Å²) in [6, 6.07) is 0.533.